The molecule has 0 saturated carbocycles. The van der Waals surface area contributed by atoms with Crippen LogP contribution in [-0.2, 0) is 20.1 Å². The van der Waals surface area contributed by atoms with Crippen molar-refractivity contribution in [3.05, 3.63) is 24.3 Å². The van der Waals surface area contributed by atoms with Crippen molar-refractivity contribution in [2.75, 3.05) is 0 Å². The van der Waals surface area contributed by atoms with Gasteiger partial charge in [-0.3, -0.25) is 0 Å². The van der Waals surface area contributed by atoms with Gasteiger partial charge in [-0.15, -0.1) is 0 Å². The Bertz CT molecular complexity index is 146. The van der Waals surface area contributed by atoms with E-state index >= 15 is 0 Å². The fourth-order valence-electron chi connectivity index (χ4n) is 0.856. The van der Waals surface area contributed by atoms with Gasteiger partial charge < -0.3 is 9.41 Å². The Labute approximate surface area is 84.8 Å². The molecular formula is C9H12CoF2O. The zero-order valence-electron chi connectivity index (χ0n) is 7.14. The second-order valence-corrected chi connectivity index (χ2v) is 2.38. The summed E-state index contributed by atoms with van der Waals surface area (Å²) >= 11 is 3.02. The molecule has 0 unspecified atom stereocenters. The molecule has 0 saturated heterocycles. The maximum Gasteiger partial charge on any atom is -1.00 e. The first kappa shape index (κ1) is 18.3. The van der Waals surface area contributed by atoms with Crippen LogP contribution < -0.4 is 9.41 Å². The van der Waals surface area contributed by atoms with Gasteiger partial charge >= 0.3 is 24.9 Å². The second-order valence-electron chi connectivity index (χ2n) is 2.17. The Balaban J connectivity index is -0.000000180. The molecule has 0 spiro atoms. The van der Waals surface area contributed by atoms with Gasteiger partial charge in [0.25, 0.3) is 0 Å². The van der Waals surface area contributed by atoms with E-state index in [0.717, 1.165) is 0 Å². The smallest absolute Gasteiger partial charge is 1.00 e. The summed E-state index contributed by atoms with van der Waals surface area (Å²) in [5, 5.41) is 0. The molecule has 0 atom stereocenters. The molecule has 0 aliphatic heterocycles. The second kappa shape index (κ2) is 17.5. The molecule has 4 heteroatoms. The summed E-state index contributed by atoms with van der Waals surface area (Å²) in [5.41, 5.74) is 0. The van der Waals surface area contributed by atoms with E-state index < -0.39 is 0 Å². The van der Waals surface area contributed by atoms with Crippen molar-refractivity contribution in [2.45, 2.75) is 25.7 Å². The van der Waals surface area contributed by atoms with Crippen LogP contribution in [0.4, 0.5) is 0 Å². The minimum atomic E-state index is 0. The number of halogens is 2. The van der Waals surface area contributed by atoms with Gasteiger partial charge in [0.15, 0.2) is 0 Å². The quantitative estimate of drug-likeness (QED) is 0.393. The van der Waals surface area contributed by atoms with E-state index in [-0.39, 0.29) is 9.41 Å². The molecule has 0 aromatic heterocycles. The summed E-state index contributed by atoms with van der Waals surface area (Å²) in [6.07, 6.45) is 14.0. The van der Waals surface area contributed by atoms with Crippen LogP contribution in [0.15, 0.2) is 24.3 Å². The number of hydrogen-bond donors (Lipinski definition) is 0. The first-order valence-corrected chi connectivity index (χ1v) is 4.19. The van der Waals surface area contributed by atoms with E-state index in [1.807, 2.05) is 0 Å². The van der Waals surface area contributed by atoms with Crippen LogP contribution in [0.3, 0.4) is 0 Å². The minimum Gasteiger partial charge on any atom is -1.00 e. The van der Waals surface area contributed by atoms with Crippen LogP contribution >= 0.6 is 0 Å². The number of hydrogen-bond acceptors (Lipinski definition) is 1. The summed E-state index contributed by atoms with van der Waals surface area (Å²) in [5.74, 6) is 0. The van der Waals surface area contributed by atoms with Crippen molar-refractivity contribution in [2.24, 2.45) is 0 Å². The van der Waals surface area contributed by atoms with Crippen molar-refractivity contribution in [3.63, 3.8) is 0 Å². The third-order valence-corrected chi connectivity index (χ3v) is 1.33. The van der Waals surface area contributed by atoms with Gasteiger partial charge in [-0.2, -0.15) is 0 Å². The SMILES string of the molecule is C1=CCCC=CCC1.O=[C]=[Co+2].[F-].[F-]. The molecular weight excluding hydrogens is 221 g/mol. The first-order chi connectivity index (χ1) is 5.41. The molecule has 1 aliphatic rings. The standard InChI is InChI=1S/C8H12.CO.Co.2FH/c1-2-4-6-8-7-5-3-1;1-2;;;/h1-2,7-8H,3-6H2;;;2*1H/q;;+2;;/p-2. The normalized spacial score (nSPS) is 12.9. The average molecular weight is 233 g/mol. The average Bonchev–Trinajstić information content (AvgIpc) is 1.86. The van der Waals surface area contributed by atoms with Gasteiger partial charge in [0.1, 0.15) is 0 Å². The Morgan fingerprint density at radius 3 is 1.15 bits per heavy atom. The predicted molar refractivity (Wildman–Crippen MR) is 42.4 cm³/mol. The zero-order valence-corrected chi connectivity index (χ0v) is 8.18. The van der Waals surface area contributed by atoms with Crippen LogP contribution in [0.1, 0.15) is 25.7 Å². The molecule has 0 fully saturated rings. The van der Waals surface area contributed by atoms with Crippen molar-refractivity contribution in [1.82, 2.24) is 0 Å². The number of allylic oxidation sites excluding steroid dienone is 4. The Morgan fingerprint density at radius 2 is 1.00 bits per heavy atom. The minimum absolute atomic E-state index is 0. The maximum absolute atomic E-state index is 8.54. The Morgan fingerprint density at radius 1 is 0.846 bits per heavy atom. The third kappa shape index (κ3) is 18.4. The first-order valence-electron chi connectivity index (χ1n) is 3.67. The van der Waals surface area contributed by atoms with Gasteiger partial charge in [0, 0.05) is 0 Å². The molecule has 0 amide bonds. The summed E-state index contributed by atoms with van der Waals surface area (Å²) in [7, 11) is 0. The topological polar surface area (TPSA) is 17.1 Å². The summed E-state index contributed by atoms with van der Waals surface area (Å²) < 4.78 is 0. The third-order valence-electron chi connectivity index (χ3n) is 1.33. The van der Waals surface area contributed by atoms with Crippen LogP contribution in [0.25, 0.3) is 0 Å². The number of rotatable bonds is 0. The molecule has 0 aromatic rings. The fraction of sp³-hybridized carbons (Fsp3) is 0.444. The molecule has 77 valence electrons. The van der Waals surface area contributed by atoms with Crippen LogP contribution in [0.2, 0.25) is 0 Å². The summed E-state index contributed by atoms with van der Waals surface area (Å²) in [4.78, 5) is 9.73. The monoisotopic (exact) mass is 233 g/mol. The van der Waals surface area contributed by atoms with Crippen molar-refractivity contribution in [3.8, 4) is 0 Å². The van der Waals surface area contributed by atoms with Crippen molar-refractivity contribution < 1.29 is 29.5 Å². The van der Waals surface area contributed by atoms with E-state index in [2.05, 4.69) is 39.6 Å². The van der Waals surface area contributed by atoms with Gasteiger partial charge in [-0.1, -0.05) is 24.3 Å². The van der Waals surface area contributed by atoms with Crippen molar-refractivity contribution >= 4 is 4.82 Å². The molecule has 0 radical (unpaired) electrons. The van der Waals surface area contributed by atoms with Crippen LogP contribution in [0, 0.1) is 0 Å². The maximum atomic E-state index is 8.54. The molecule has 0 heterocycles. The predicted octanol–water partition coefficient (Wildman–Crippen LogP) is -3.72. The molecule has 0 N–H and O–H groups in total. The molecule has 13 heavy (non-hydrogen) atoms. The van der Waals surface area contributed by atoms with E-state index in [0.29, 0.717) is 0 Å². The Kier molecular flexibility index (Phi) is 24.6. The molecule has 1 nitrogen and oxygen atoms in total. The largest absolute Gasteiger partial charge is 1.00 e. The van der Waals surface area contributed by atoms with Gasteiger partial charge in [0.2, 0.25) is 0 Å². The van der Waals surface area contributed by atoms with E-state index in [1.54, 1.807) is 0 Å². The molecule has 0 aromatic carbocycles. The van der Waals surface area contributed by atoms with E-state index in [4.69, 9.17) is 4.79 Å². The molecule has 1 aliphatic carbocycles. The molecule has 1 rings (SSSR count). The Hall–Kier alpha value is -0.574. The van der Waals surface area contributed by atoms with Crippen LogP contribution in [0.5, 0.6) is 0 Å². The number of carbonyl (C=O) groups excluding carboxylic acids is 1. The summed E-state index contributed by atoms with van der Waals surface area (Å²) in [6, 6.07) is 0. The van der Waals surface area contributed by atoms with Crippen molar-refractivity contribution in [1.29, 1.82) is 0 Å². The molecule has 0 bridgehead atoms. The van der Waals surface area contributed by atoms with Gasteiger partial charge in [-0.25, -0.2) is 0 Å². The fourth-order valence-corrected chi connectivity index (χ4v) is 0.856. The van der Waals surface area contributed by atoms with E-state index in [9.17, 15) is 0 Å². The summed E-state index contributed by atoms with van der Waals surface area (Å²) in [6.45, 7) is 0. The van der Waals surface area contributed by atoms with E-state index in [1.165, 1.54) is 30.5 Å². The van der Waals surface area contributed by atoms with Gasteiger partial charge in [0.05, 0.1) is 0 Å². The van der Waals surface area contributed by atoms with Crippen LogP contribution in [-0.4, -0.2) is 4.82 Å². The van der Waals surface area contributed by atoms with Gasteiger partial charge in [-0.05, 0) is 25.7 Å². The zero-order chi connectivity index (χ0) is 8.36.